The number of hydrogen-bond donors (Lipinski definition) is 0. The third-order valence-corrected chi connectivity index (χ3v) is 3.47. The van der Waals surface area contributed by atoms with E-state index in [0.717, 1.165) is 24.8 Å². The highest BCUT2D eigenvalue weighted by atomic mass is 15.2. The molecule has 0 aromatic rings. The number of allylic oxidation sites excluding steroid dienone is 3. The van der Waals surface area contributed by atoms with Crippen molar-refractivity contribution >= 4 is 0 Å². The van der Waals surface area contributed by atoms with Crippen molar-refractivity contribution in [1.29, 1.82) is 0 Å². The fourth-order valence-electron chi connectivity index (χ4n) is 2.38. The van der Waals surface area contributed by atoms with Gasteiger partial charge in [0.15, 0.2) is 0 Å². The Bertz CT molecular complexity index is 373. The predicted octanol–water partition coefficient (Wildman–Crippen LogP) is 4.62. The topological polar surface area (TPSA) is 3.24 Å². The lowest BCUT2D eigenvalue weighted by Crippen LogP contribution is -2.40. The van der Waals surface area contributed by atoms with E-state index in [0.29, 0.717) is 12.1 Å². The van der Waals surface area contributed by atoms with Crippen LogP contribution in [0.25, 0.3) is 0 Å². The van der Waals surface area contributed by atoms with Crippen molar-refractivity contribution in [3.8, 4) is 0 Å². The molecule has 18 heavy (non-hydrogen) atoms. The van der Waals surface area contributed by atoms with Crippen LogP contribution >= 0.6 is 0 Å². The van der Waals surface area contributed by atoms with E-state index in [4.69, 9.17) is 0 Å². The zero-order valence-corrected chi connectivity index (χ0v) is 11.7. The van der Waals surface area contributed by atoms with E-state index >= 15 is 0 Å². The number of hydrogen-bond acceptors (Lipinski definition) is 1. The Morgan fingerprint density at radius 2 is 2.17 bits per heavy atom. The Hall–Kier alpha value is -1.50. The standard InChI is InChI=1S/C17H25N/c1-6-14(4)17(8-3)18(15(5)7-2)16-12-10-9-11-13-16/h6-7,10,12-13,15,17H,1-2,4,8-9,11H2,3,5H3. The first kappa shape index (κ1) is 14.6. The summed E-state index contributed by atoms with van der Waals surface area (Å²) in [5.41, 5.74) is 2.36. The average Bonchev–Trinajstić information content (AvgIpc) is 2.43. The van der Waals surface area contributed by atoms with E-state index in [1.807, 2.05) is 12.2 Å². The van der Waals surface area contributed by atoms with Gasteiger partial charge >= 0.3 is 0 Å². The van der Waals surface area contributed by atoms with E-state index < -0.39 is 0 Å². The minimum Gasteiger partial charge on any atom is -0.359 e. The molecular formula is C17H25N. The molecular weight excluding hydrogens is 218 g/mol. The SMILES string of the molecule is C=CC(=C)C(CC)N(C1=CCCC=C1)C(C)C=C. The van der Waals surface area contributed by atoms with Crippen LogP contribution in [0.15, 0.2) is 61.4 Å². The van der Waals surface area contributed by atoms with Crippen molar-refractivity contribution < 1.29 is 0 Å². The molecule has 1 nitrogen and oxygen atoms in total. The van der Waals surface area contributed by atoms with Crippen molar-refractivity contribution in [2.45, 2.75) is 45.2 Å². The molecule has 0 N–H and O–H groups in total. The smallest absolute Gasteiger partial charge is 0.0539 e. The lowest BCUT2D eigenvalue weighted by atomic mass is 9.99. The second-order valence-electron chi connectivity index (χ2n) is 4.70. The summed E-state index contributed by atoms with van der Waals surface area (Å²) < 4.78 is 0. The molecule has 2 atom stereocenters. The molecule has 0 saturated carbocycles. The van der Waals surface area contributed by atoms with Crippen LogP contribution in [0, 0.1) is 0 Å². The van der Waals surface area contributed by atoms with Crippen LogP contribution in [0.5, 0.6) is 0 Å². The predicted molar refractivity (Wildman–Crippen MR) is 81.4 cm³/mol. The minimum atomic E-state index is 0.292. The third-order valence-electron chi connectivity index (χ3n) is 3.47. The van der Waals surface area contributed by atoms with E-state index in [1.165, 1.54) is 5.70 Å². The highest BCUT2D eigenvalue weighted by Gasteiger charge is 2.23. The average molecular weight is 243 g/mol. The molecule has 0 aromatic carbocycles. The van der Waals surface area contributed by atoms with Gasteiger partial charge in [-0.2, -0.15) is 0 Å². The van der Waals surface area contributed by atoms with Crippen molar-refractivity contribution in [3.05, 3.63) is 61.4 Å². The molecule has 0 spiro atoms. The van der Waals surface area contributed by atoms with Crippen LogP contribution in [-0.2, 0) is 0 Å². The highest BCUT2D eigenvalue weighted by Crippen LogP contribution is 2.26. The lowest BCUT2D eigenvalue weighted by molar-refractivity contribution is 0.253. The summed E-state index contributed by atoms with van der Waals surface area (Å²) in [6, 6.07) is 0.588. The Labute approximate surface area is 112 Å². The molecule has 1 rings (SSSR count). The van der Waals surface area contributed by atoms with Crippen LogP contribution in [0.2, 0.25) is 0 Å². The molecule has 0 radical (unpaired) electrons. The van der Waals surface area contributed by atoms with Gasteiger partial charge in [-0.25, -0.2) is 0 Å². The first-order chi connectivity index (χ1) is 8.65. The van der Waals surface area contributed by atoms with Crippen molar-refractivity contribution in [1.82, 2.24) is 4.90 Å². The van der Waals surface area contributed by atoms with Gasteiger partial charge in [0.1, 0.15) is 0 Å². The molecule has 2 unspecified atom stereocenters. The summed E-state index contributed by atoms with van der Waals surface area (Å²) in [4.78, 5) is 2.40. The normalized spacial score (nSPS) is 17.6. The highest BCUT2D eigenvalue weighted by molar-refractivity contribution is 5.29. The summed E-state index contributed by atoms with van der Waals surface area (Å²) in [7, 11) is 0. The first-order valence-electron chi connectivity index (χ1n) is 6.74. The Kier molecular flexibility index (Phi) is 5.70. The van der Waals surface area contributed by atoms with Gasteiger partial charge in [0.05, 0.1) is 6.04 Å². The molecule has 0 aliphatic heterocycles. The molecule has 1 aliphatic carbocycles. The summed E-state index contributed by atoms with van der Waals surface area (Å²) >= 11 is 0. The van der Waals surface area contributed by atoms with Crippen molar-refractivity contribution in [2.24, 2.45) is 0 Å². The zero-order valence-electron chi connectivity index (χ0n) is 11.7. The summed E-state index contributed by atoms with van der Waals surface area (Å²) in [6.07, 6.45) is 13.9. The Morgan fingerprint density at radius 1 is 1.44 bits per heavy atom. The van der Waals surface area contributed by atoms with Gasteiger partial charge in [0.2, 0.25) is 0 Å². The van der Waals surface area contributed by atoms with Crippen molar-refractivity contribution in [2.75, 3.05) is 0 Å². The number of rotatable bonds is 7. The van der Waals surface area contributed by atoms with Crippen LogP contribution in [0.4, 0.5) is 0 Å². The van der Waals surface area contributed by atoms with E-state index in [2.05, 4.69) is 56.7 Å². The summed E-state index contributed by atoms with van der Waals surface area (Å²) in [5, 5.41) is 0. The maximum atomic E-state index is 4.13. The van der Waals surface area contributed by atoms with Crippen LogP contribution in [-0.4, -0.2) is 17.0 Å². The maximum absolute atomic E-state index is 4.13. The minimum absolute atomic E-state index is 0.292. The van der Waals surface area contributed by atoms with Gasteiger partial charge < -0.3 is 4.90 Å². The van der Waals surface area contributed by atoms with E-state index in [-0.39, 0.29) is 0 Å². The molecule has 1 heteroatoms. The Morgan fingerprint density at radius 3 is 2.61 bits per heavy atom. The largest absolute Gasteiger partial charge is 0.359 e. The second kappa shape index (κ2) is 7.05. The van der Waals surface area contributed by atoms with Crippen LogP contribution in [0.3, 0.4) is 0 Å². The van der Waals surface area contributed by atoms with E-state index in [1.54, 1.807) is 0 Å². The molecule has 0 fully saturated rings. The molecule has 0 saturated heterocycles. The van der Waals surface area contributed by atoms with Crippen molar-refractivity contribution in [3.63, 3.8) is 0 Å². The molecule has 0 aromatic heterocycles. The van der Waals surface area contributed by atoms with Gasteiger partial charge in [-0.05, 0) is 37.8 Å². The molecule has 98 valence electrons. The third kappa shape index (κ3) is 3.25. The van der Waals surface area contributed by atoms with Crippen LogP contribution in [0.1, 0.15) is 33.1 Å². The molecule has 0 heterocycles. The molecule has 0 amide bonds. The quantitative estimate of drug-likeness (QED) is 0.466. The molecule has 0 bridgehead atoms. The summed E-state index contributed by atoms with van der Waals surface area (Å²) in [5.74, 6) is 0. The van der Waals surface area contributed by atoms with Crippen LogP contribution < -0.4 is 0 Å². The Balaban J connectivity index is 3.06. The number of nitrogens with zero attached hydrogens (tertiary/aromatic N) is 1. The monoisotopic (exact) mass is 243 g/mol. The van der Waals surface area contributed by atoms with Gasteiger partial charge in [0.25, 0.3) is 0 Å². The second-order valence-corrected chi connectivity index (χ2v) is 4.70. The summed E-state index contributed by atoms with van der Waals surface area (Å²) in [6.45, 7) is 16.3. The molecule has 1 aliphatic rings. The fourth-order valence-corrected chi connectivity index (χ4v) is 2.38. The van der Waals surface area contributed by atoms with E-state index in [9.17, 15) is 0 Å². The van der Waals surface area contributed by atoms with Gasteiger partial charge in [-0.3, -0.25) is 0 Å². The first-order valence-corrected chi connectivity index (χ1v) is 6.74. The lowest BCUT2D eigenvalue weighted by Gasteiger charge is -2.39. The maximum Gasteiger partial charge on any atom is 0.0539 e. The van der Waals surface area contributed by atoms with Gasteiger partial charge in [-0.15, -0.1) is 6.58 Å². The van der Waals surface area contributed by atoms with Gasteiger partial charge in [-0.1, -0.05) is 44.4 Å². The fraction of sp³-hybridized carbons (Fsp3) is 0.412. The zero-order chi connectivity index (χ0) is 13.5. The van der Waals surface area contributed by atoms with Gasteiger partial charge in [0, 0.05) is 11.7 Å².